The summed E-state index contributed by atoms with van der Waals surface area (Å²) < 4.78 is 36.0. The highest BCUT2D eigenvalue weighted by Gasteiger charge is 2.16. The van der Waals surface area contributed by atoms with E-state index in [1.54, 1.807) is 39.2 Å². The van der Waals surface area contributed by atoms with Crippen LogP contribution in [0.3, 0.4) is 0 Å². The number of benzene rings is 2. The Bertz CT molecular complexity index is 868. The minimum atomic E-state index is -2.98. The largest absolute Gasteiger partial charge is 0.490 e. The molecule has 0 saturated carbocycles. The minimum Gasteiger partial charge on any atom is -0.490 e. The molecule has 0 aliphatic heterocycles. The molecule has 2 rings (SSSR count). The van der Waals surface area contributed by atoms with E-state index in [4.69, 9.17) is 9.47 Å². The normalized spacial score (nSPS) is 10.9. The zero-order valence-corrected chi connectivity index (χ0v) is 20.6. The lowest BCUT2D eigenvalue weighted by Gasteiger charge is -2.18. The molecule has 0 spiro atoms. The quantitative estimate of drug-likeness (QED) is 0.263. The van der Waals surface area contributed by atoms with Gasteiger partial charge in [0, 0.05) is 26.2 Å². The number of para-hydroxylation sites is 1. The first-order chi connectivity index (χ1) is 14.9. The van der Waals surface area contributed by atoms with Gasteiger partial charge in [0.2, 0.25) is 5.91 Å². The van der Waals surface area contributed by atoms with Crippen molar-refractivity contribution in [2.24, 2.45) is 4.99 Å². The molecular weight excluding hydrogens is 533 g/mol. The molecule has 0 bridgehead atoms. The molecule has 1 amide bonds. The van der Waals surface area contributed by atoms with E-state index < -0.39 is 6.61 Å². The maximum atomic E-state index is 12.9. The van der Waals surface area contributed by atoms with Crippen molar-refractivity contribution in [3.05, 3.63) is 59.7 Å². The van der Waals surface area contributed by atoms with Crippen molar-refractivity contribution < 1.29 is 23.0 Å². The molecular formula is C22H29F2IN4O3. The van der Waals surface area contributed by atoms with Crippen molar-refractivity contribution in [1.29, 1.82) is 0 Å². The van der Waals surface area contributed by atoms with Crippen LogP contribution in [-0.4, -0.2) is 50.6 Å². The van der Waals surface area contributed by atoms with E-state index in [2.05, 4.69) is 15.6 Å². The van der Waals surface area contributed by atoms with Crippen molar-refractivity contribution >= 4 is 35.8 Å². The zero-order chi connectivity index (χ0) is 22.6. The summed E-state index contributed by atoms with van der Waals surface area (Å²) in [6.45, 7) is -0.355. The van der Waals surface area contributed by atoms with E-state index in [0.29, 0.717) is 24.7 Å². The number of carbonyl (C=O) groups is 1. The van der Waals surface area contributed by atoms with Crippen molar-refractivity contribution in [2.45, 2.75) is 26.6 Å². The monoisotopic (exact) mass is 562 g/mol. The number of hydrogen-bond acceptors (Lipinski definition) is 4. The number of ether oxygens (including phenoxy) is 2. The first kappa shape index (κ1) is 27.4. The summed E-state index contributed by atoms with van der Waals surface area (Å²) in [7, 11) is 3.32. The van der Waals surface area contributed by atoms with Crippen LogP contribution in [0.5, 0.6) is 11.5 Å². The molecule has 32 heavy (non-hydrogen) atoms. The van der Waals surface area contributed by atoms with Crippen molar-refractivity contribution in [2.75, 3.05) is 27.2 Å². The lowest BCUT2D eigenvalue weighted by atomic mass is 10.2. The average Bonchev–Trinajstić information content (AvgIpc) is 2.75. The molecule has 2 N–H and O–H groups in total. The number of nitrogens with one attached hydrogen (secondary N) is 2. The number of carbonyl (C=O) groups excluding carboxylic acids is 1. The Morgan fingerprint density at radius 3 is 2.44 bits per heavy atom. The van der Waals surface area contributed by atoms with Gasteiger partial charge < -0.3 is 25.0 Å². The molecule has 10 heteroatoms. The van der Waals surface area contributed by atoms with E-state index in [1.807, 2.05) is 30.3 Å². The second kappa shape index (κ2) is 14.4. The van der Waals surface area contributed by atoms with Gasteiger partial charge in [-0.3, -0.25) is 4.79 Å². The maximum Gasteiger partial charge on any atom is 0.387 e. The predicted octanol–water partition coefficient (Wildman–Crippen LogP) is 3.63. The van der Waals surface area contributed by atoms with Crippen LogP contribution in [0, 0.1) is 0 Å². The van der Waals surface area contributed by atoms with E-state index >= 15 is 0 Å². The second-order valence-electron chi connectivity index (χ2n) is 6.70. The molecule has 0 aromatic heterocycles. The standard InChI is InChI=1S/C22H28F2N4O3.HI/c1-4-30-18-12-8-11-17(20(18)31-21(23)24)14-26-22(27-15-19(29)28(2)3)25-13-16-9-6-5-7-10-16;/h5-12,21H,4,13-15H2,1-3H3,(H2,25,26,27);1H. The first-order valence-electron chi connectivity index (χ1n) is 9.86. The number of halogens is 3. The lowest BCUT2D eigenvalue weighted by Crippen LogP contribution is -2.42. The number of rotatable bonds is 10. The van der Waals surface area contributed by atoms with E-state index in [9.17, 15) is 13.6 Å². The Kier molecular flexibility index (Phi) is 12.4. The first-order valence-corrected chi connectivity index (χ1v) is 9.86. The van der Waals surface area contributed by atoms with Crippen LogP contribution in [0.4, 0.5) is 8.78 Å². The van der Waals surface area contributed by atoms with Gasteiger partial charge in [0.15, 0.2) is 17.5 Å². The molecule has 0 aliphatic rings. The van der Waals surface area contributed by atoms with Gasteiger partial charge in [-0.1, -0.05) is 42.5 Å². The van der Waals surface area contributed by atoms with Gasteiger partial charge in [0.1, 0.15) is 0 Å². The molecule has 2 aromatic rings. The summed E-state index contributed by atoms with van der Waals surface area (Å²) in [4.78, 5) is 17.9. The predicted molar refractivity (Wildman–Crippen MR) is 131 cm³/mol. The van der Waals surface area contributed by atoms with Gasteiger partial charge in [-0.2, -0.15) is 8.78 Å². The number of amides is 1. The number of nitrogens with zero attached hydrogens (tertiary/aromatic N) is 2. The topological polar surface area (TPSA) is 75.2 Å². The van der Waals surface area contributed by atoms with Gasteiger partial charge in [-0.15, -0.1) is 24.0 Å². The van der Waals surface area contributed by atoms with Gasteiger partial charge in [-0.25, -0.2) is 4.99 Å². The van der Waals surface area contributed by atoms with Crippen LogP contribution in [-0.2, 0) is 17.9 Å². The van der Waals surface area contributed by atoms with Gasteiger partial charge in [0.05, 0.1) is 19.7 Å². The summed E-state index contributed by atoms with van der Waals surface area (Å²) in [5, 5.41) is 6.04. The number of aliphatic imine (C=N–C) groups is 1. The number of guanidine groups is 1. The van der Waals surface area contributed by atoms with Crippen LogP contribution < -0.4 is 20.1 Å². The van der Waals surface area contributed by atoms with Crippen LogP contribution in [0.25, 0.3) is 0 Å². The molecule has 0 heterocycles. The maximum absolute atomic E-state index is 12.9. The van der Waals surface area contributed by atoms with E-state index in [-0.39, 0.29) is 54.5 Å². The molecule has 2 aromatic carbocycles. The molecule has 0 radical (unpaired) electrons. The molecule has 0 saturated heterocycles. The summed E-state index contributed by atoms with van der Waals surface area (Å²) in [5.41, 5.74) is 1.46. The zero-order valence-electron chi connectivity index (χ0n) is 18.3. The van der Waals surface area contributed by atoms with Gasteiger partial charge >= 0.3 is 6.61 Å². The number of likely N-dealkylation sites (N-methyl/N-ethyl adjacent to an activating group) is 1. The summed E-state index contributed by atoms with van der Waals surface area (Å²) in [6, 6.07) is 14.5. The van der Waals surface area contributed by atoms with Crippen LogP contribution >= 0.6 is 24.0 Å². The third-order valence-corrected chi connectivity index (χ3v) is 4.18. The highest BCUT2D eigenvalue weighted by Crippen LogP contribution is 2.32. The minimum absolute atomic E-state index is 0. The second-order valence-corrected chi connectivity index (χ2v) is 6.70. The van der Waals surface area contributed by atoms with E-state index in [0.717, 1.165) is 5.56 Å². The molecule has 0 fully saturated rings. The van der Waals surface area contributed by atoms with Gasteiger partial charge in [0.25, 0.3) is 0 Å². The number of alkyl halides is 2. The highest BCUT2D eigenvalue weighted by atomic mass is 127. The smallest absolute Gasteiger partial charge is 0.387 e. The Morgan fingerprint density at radius 2 is 1.81 bits per heavy atom. The Morgan fingerprint density at radius 1 is 1.09 bits per heavy atom. The summed E-state index contributed by atoms with van der Waals surface area (Å²) in [6.07, 6.45) is 0. The Hall–Kier alpha value is -2.63. The molecule has 0 unspecified atom stereocenters. The fraction of sp³-hybridized carbons (Fsp3) is 0.364. The van der Waals surface area contributed by atoms with Crippen LogP contribution in [0.2, 0.25) is 0 Å². The third-order valence-electron chi connectivity index (χ3n) is 4.18. The Labute approximate surface area is 204 Å². The fourth-order valence-corrected chi connectivity index (χ4v) is 2.62. The van der Waals surface area contributed by atoms with Crippen molar-refractivity contribution in [1.82, 2.24) is 15.5 Å². The molecule has 7 nitrogen and oxygen atoms in total. The summed E-state index contributed by atoms with van der Waals surface area (Å²) in [5.74, 6) is 0.442. The molecule has 176 valence electrons. The molecule has 0 atom stereocenters. The average molecular weight is 562 g/mol. The van der Waals surface area contributed by atoms with Crippen LogP contribution in [0.15, 0.2) is 53.5 Å². The Balaban J connectivity index is 0.00000512. The molecule has 0 aliphatic carbocycles. The number of hydrogen-bond donors (Lipinski definition) is 2. The lowest BCUT2D eigenvalue weighted by molar-refractivity contribution is -0.127. The highest BCUT2D eigenvalue weighted by molar-refractivity contribution is 14.0. The van der Waals surface area contributed by atoms with Crippen molar-refractivity contribution in [3.8, 4) is 11.5 Å². The van der Waals surface area contributed by atoms with Crippen molar-refractivity contribution in [3.63, 3.8) is 0 Å². The fourth-order valence-electron chi connectivity index (χ4n) is 2.62. The van der Waals surface area contributed by atoms with E-state index in [1.165, 1.54) is 4.90 Å². The SMILES string of the molecule is CCOc1cccc(CNC(=NCc2ccccc2)NCC(=O)N(C)C)c1OC(F)F.I. The van der Waals surface area contributed by atoms with Gasteiger partial charge in [-0.05, 0) is 18.6 Å². The summed E-state index contributed by atoms with van der Waals surface area (Å²) >= 11 is 0. The van der Waals surface area contributed by atoms with Crippen LogP contribution in [0.1, 0.15) is 18.1 Å². The third kappa shape index (κ3) is 9.25.